The van der Waals surface area contributed by atoms with Crippen LogP contribution < -0.4 is 9.47 Å². The van der Waals surface area contributed by atoms with Gasteiger partial charge in [-0.05, 0) is 76.1 Å². The van der Waals surface area contributed by atoms with Crippen molar-refractivity contribution in [2.45, 2.75) is 52.0 Å². The van der Waals surface area contributed by atoms with Crippen LogP contribution >= 0.6 is 46.3 Å². The first-order valence-corrected chi connectivity index (χ1v) is 20.2. The third kappa shape index (κ3) is 9.45. The highest BCUT2D eigenvalue weighted by molar-refractivity contribution is 8.03. The molecule has 0 N–H and O–H groups in total. The summed E-state index contributed by atoms with van der Waals surface area (Å²) in [5.41, 5.74) is 2.70. The van der Waals surface area contributed by atoms with Crippen molar-refractivity contribution in [3.63, 3.8) is 0 Å². The van der Waals surface area contributed by atoms with Crippen molar-refractivity contribution in [2.75, 3.05) is 42.6 Å². The van der Waals surface area contributed by atoms with Crippen LogP contribution in [-0.2, 0) is 31.1 Å². The number of fused-ring (bicyclic) bond motifs is 2. The fraction of sp³-hybridized carbons (Fsp3) is 0.433. The Labute approximate surface area is 284 Å². The van der Waals surface area contributed by atoms with Gasteiger partial charge in [0.2, 0.25) is 5.52 Å². The molecule has 0 aliphatic carbocycles. The van der Waals surface area contributed by atoms with Gasteiger partial charge in [-0.15, -0.1) is 0 Å². The highest BCUT2D eigenvalue weighted by Gasteiger charge is 2.32. The fourth-order valence-electron chi connectivity index (χ4n) is 5.16. The van der Waals surface area contributed by atoms with Crippen LogP contribution in [0.3, 0.4) is 0 Å². The largest absolute Gasteiger partial charge is 0.748 e. The lowest BCUT2D eigenvalue weighted by Crippen LogP contribution is -2.49. The highest BCUT2D eigenvalue weighted by Crippen LogP contribution is 2.47. The normalized spacial score (nSPS) is 15.4. The molecule has 0 fully saturated rings. The second-order valence-corrected chi connectivity index (χ2v) is 16.9. The number of halogens is 2. The molecule has 2 heterocycles. The number of aryl methyl sites for hydroxylation is 1. The topological polar surface area (TPSA) is 108 Å². The Kier molecular flexibility index (Phi) is 12.1. The number of allylic oxidation sites excluding steroid dienone is 2. The Balaban J connectivity index is 1.61. The highest BCUT2D eigenvalue weighted by atomic mass is 35.5. The summed E-state index contributed by atoms with van der Waals surface area (Å²) in [5.74, 6) is -0.567. The lowest BCUT2D eigenvalue weighted by atomic mass is 10.2. The minimum atomic E-state index is -4.33. The van der Waals surface area contributed by atoms with E-state index < -0.39 is 26.0 Å². The Bertz CT molecular complexity index is 1810. The van der Waals surface area contributed by atoms with E-state index in [1.807, 2.05) is 80.8 Å². The van der Waals surface area contributed by atoms with E-state index in [4.69, 9.17) is 27.5 Å². The first kappa shape index (κ1) is 36.2. The van der Waals surface area contributed by atoms with Gasteiger partial charge in [0.05, 0.1) is 26.6 Å². The summed E-state index contributed by atoms with van der Waals surface area (Å²) >= 11 is 15.8. The molecular formula is C30H38Cl2N3O6S4+. The molecule has 0 spiro atoms. The first-order valence-electron chi connectivity index (χ1n) is 14.7. The number of aromatic nitrogens is 1. The van der Waals surface area contributed by atoms with Gasteiger partial charge in [-0.2, -0.15) is 17.6 Å². The molecule has 1 aliphatic heterocycles. The molecule has 45 heavy (non-hydrogen) atoms. The lowest BCUT2D eigenvalue weighted by molar-refractivity contribution is -1.08. The van der Waals surface area contributed by atoms with Crippen LogP contribution in [-0.4, -0.2) is 63.7 Å². The van der Waals surface area contributed by atoms with Crippen LogP contribution in [0.1, 0.15) is 45.5 Å². The molecule has 4 rings (SSSR count). The van der Waals surface area contributed by atoms with Gasteiger partial charge < -0.3 is 9.45 Å². The van der Waals surface area contributed by atoms with E-state index in [0.29, 0.717) is 49.2 Å². The second-order valence-electron chi connectivity index (χ2n) is 10.8. The minimum absolute atomic E-state index is 0.0616. The van der Waals surface area contributed by atoms with E-state index >= 15 is 0 Å². The zero-order valence-corrected chi connectivity index (χ0v) is 30.4. The number of hydrogen-bond acceptors (Lipinski definition) is 9. The van der Waals surface area contributed by atoms with Crippen LogP contribution in [0.4, 0.5) is 5.69 Å². The molecular weight excluding hydrogens is 698 g/mol. The summed E-state index contributed by atoms with van der Waals surface area (Å²) in [6.07, 6.45) is 4.59. The molecule has 15 heteroatoms. The van der Waals surface area contributed by atoms with E-state index in [9.17, 15) is 21.4 Å². The van der Waals surface area contributed by atoms with Crippen LogP contribution in [0.5, 0.6) is 0 Å². The van der Waals surface area contributed by atoms with Gasteiger partial charge in [0.1, 0.15) is 24.3 Å². The Morgan fingerprint density at radius 1 is 1.00 bits per heavy atom. The number of thioether (sulfide) groups is 1. The van der Waals surface area contributed by atoms with Gasteiger partial charge in [-0.25, -0.2) is 8.42 Å². The van der Waals surface area contributed by atoms with Crippen molar-refractivity contribution in [1.29, 1.82) is 0 Å². The molecule has 2 aromatic carbocycles. The summed E-state index contributed by atoms with van der Waals surface area (Å²) < 4.78 is 68.3. The molecule has 0 unspecified atom stereocenters. The monoisotopic (exact) mass is 734 g/mol. The molecule has 0 saturated heterocycles. The summed E-state index contributed by atoms with van der Waals surface area (Å²) in [5, 5.41) is 2.95. The van der Waals surface area contributed by atoms with Crippen molar-refractivity contribution in [3.05, 3.63) is 68.1 Å². The predicted molar refractivity (Wildman–Crippen MR) is 184 cm³/mol. The molecule has 9 nitrogen and oxygen atoms in total. The quantitative estimate of drug-likeness (QED) is 0.0725. The SMILES string of the molecule is CC[N+](CC)(CC)OS(=O)(=O)CCCN1/C(=C\C(C)=C\c2sc3ccc(Cl)cc3[n+]2CCCS(=O)(=O)[O-])Sc2ccc(Cl)cc21. The van der Waals surface area contributed by atoms with E-state index in [2.05, 4.69) is 4.90 Å². The summed E-state index contributed by atoms with van der Waals surface area (Å²) in [6, 6.07) is 11.2. The van der Waals surface area contributed by atoms with Crippen LogP contribution in [0.25, 0.3) is 16.3 Å². The second kappa shape index (κ2) is 15.0. The van der Waals surface area contributed by atoms with Gasteiger partial charge in [-0.1, -0.05) is 50.6 Å². The van der Waals surface area contributed by atoms with Crippen molar-refractivity contribution < 1.29 is 34.9 Å². The van der Waals surface area contributed by atoms with Crippen molar-refractivity contribution in [2.24, 2.45) is 0 Å². The smallest absolute Gasteiger partial charge is 0.314 e. The van der Waals surface area contributed by atoms with E-state index in [1.165, 1.54) is 0 Å². The molecule has 0 bridgehead atoms. The fourth-order valence-corrected chi connectivity index (χ4v) is 9.69. The number of anilines is 1. The van der Waals surface area contributed by atoms with Gasteiger partial charge in [0, 0.05) is 45.8 Å². The maximum atomic E-state index is 12.9. The molecule has 0 atom stereocenters. The number of hydrogen-bond donors (Lipinski definition) is 0. The standard InChI is InChI=1S/C30H38Cl2N3O6S4/c1-5-35(6-2,7-3)41-45(39,40)17-9-15-34-26-21-24(32)11-13-28(26)43-30(34)19-22(4)18-29-33(14-8-16-44(36,37)38)25-20-23(31)10-12-27(25)42-29/h10-13,18-21H,5-9,14-17H2,1-4H3/q+1. The number of nitrogens with zero attached hydrogens (tertiary/aromatic N) is 3. The van der Waals surface area contributed by atoms with Crippen molar-refractivity contribution in [3.8, 4) is 0 Å². The summed E-state index contributed by atoms with van der Waals surface area (Å²) in [4.78, 5) is 3.10. The van der Waals surface area contributed by atoms with E-state index in [-0.39, 0.29) is 16.8 Å². The lowest BCUT2D eigenvalue weighted by Gasteiger charge is -2.31. The zero-order chi connectivity index (χ0) is 33.0. The maximum Gasteiger partial charge on any atom is 0.314 e. The summed E-state index contributed by atoms with van der Waals surface area (Å²) in [6.45, 7) is 10.2. The van der Waals surface area contributed by atoms with Crippen LogP contribution in [0.15, 0.2) is 58.0 Å². The molecule has 1 aliphatic rings. The number of hydroxylamine groups is 3. The average Bonchev–Trinajstić information content (AvgIpc) is 3.47. The van der Waals surface area contributed by atoms with Crippen molar-refractivity contribution >= 4 is 88.5 Å². The van der Waals surface area contributed by atoms with Crippen LogP contribution in [0.2, 0.25) is 10.0 Å². The molecule has 0 saturated carbocycles. The zero-order valence-electron chi connectivity index (χ0n) is 25.7. The molecule has 246 valence electrons. The third-order valence-electron chi connectivity index (χ3n) is 7.64. The number of thiazole rings is 1. The van der Waals surface area contributed by atoms with Crippen molar-refractivity contribution in [1.82, 2.24) is 0 Å². The minimum Gasteiger partial charge on any atom is -0.748 e. The first-order chi connectivity index (χ1) is 21.2. The van der Waals surface area contributed by atoms with E-state index in [0.717, 1.165) is 36.4 Å². The number of quaternary nitrogens is 1. The Morgan fingerprint density at radius 2 is 1.67 bits per heavy atom. The number of rotatable bonds is 15. The average molecular weight is 736 g/mol. The molecule has 1 aromatic heterocycles. The predicted octanol–water partition coefficient (Wildman–Crippen LogP) is 6.82. The molecule has 3 aromatic rings. The van der Waals surface area contributed by atoms with Gasteiger partial charge in [-0.3, -0.25) is 0 Å². The van der Waals surface area contributed by atoms with Gasteiger partial charge in [0.25, 0.3) is 5.01 Å². The van der Waals surface area contributed by atoms with E-state index in [1.54, 1.807) is 23.1 Å². The molecule has 0 radical (unpaired) electrons. The Hall–Kier alpha value is -1.68. The van der Waals surface area contributed by atoms with Gasteiger partial charge >= 0.3 is 10.1 Å². The van der Waals surface area contributed by atoms with Gasteiger partial charge in [0.15, 0.2) is 6.54 Å². The Morgan fingerprint density at radius 3 is 2.33 bits per heavy atom. The number of benzene rings is 2. The summed E-state index contributed by atoms with van der Waals surface area (Å²) in [7, 11) is -8.09. The van der Waals surface area contributed by atoms with Crippen LogP contribution in [0, 0.1) is 0 Å². The maximum absolute atomic E-state index is 12.9. The molecule has 0 amide bonds. The third-order valence-corrected chi connectivity index (χ3v) is 12.5.